The molecule has 90 valence electrons. The van der Waals surface area contributed by atoms with E-state index in [0.29, 0.717) is 19.8 Å². The fraction of sp³-hybridized carbons (Fsp3) is 0.500. The second-order valence-corrected chi connectivity index (χ2v) is 3.42. The molecule has 1 aromatic carbocycles. The van der Waals surface area contributed by atoms with Crippen LogP contribution < -0.4 is 5.32 Å². The Kier molecular flexibility index (Phi) is 5.96. The van der Waals surface area contributed by atoms with Crippen LogP contribution in [0.5, 0.6) is 0 Å². The fourth-order valence-electron chi connectivity index (χ4n) is 1.36. The standard InChI is InChI=1S/C12H17F2NO/c1-2-16-7-6-15-9-10-4-3-5-11(8-10)12(13)14/h3-5,8,12,15H,2,6-7,9H2,1H3. The Balaban J connectivity index is 2.33. The first kappa shape index (κ1) is 13.1. The van der Waals surface area contributed by atoms with Crippen molar-refractivity contribution in [2.24, 2.45) is 0 Å². The Bertz CT molecular complexity index is 305. The molecule has 0 aliphatic rings. The molecule has 16 heavy (non-hydrogen) atoms. The maximum absolute atomic E-state index is 12.4. The highest BCUT2D eigenvalue weighted by molar-refractivity contribution is 5.24. The molecule has 0 heterocycles. The van der Waals surface area contributed by atoms with Gasteiger partial charge in [-0.05, 0) is 18.6 Å². The van der Waals surface area contributed by atoms with E-state index in [1.807, 2.05) is 13.0 Å². The van der Waals surface area contributed by atoms with E-state index in [2.05, 4.69) is 5.32 Å². The van der Waals surface area contributed by atoms with Crippen LogP contribution in [0, 0.1) is 0 Å². The van der Waals surface area contributed by atoms with Gasteiger partial charge in [-0.15, -0.1) is 0 Å². The van der Waals surface area contributed by atoms with E-state index in [1.54, 1.807) is 6.07 Å². The molecule has 1 N–H and O–H groups in total. The van der Waals surface area contributed by atoms with Gasteiger partial charge in [-0.3, -0.25) is 0 Å². The van der Waals surface area contributed by atoms with E-state index in [0.717, 1.165) is 12.1 Å². The smallest absolute Gasteiger partial charge is 0.263 e. The van der Waals surface area contributed by atoms with Gasteiger partial charge in [-0.1, -0.05) is 18.2 Å². The van der Waals surface area contributed by atoms with Gasteiger partial charge in [0.15, 0.2) is 0 Å². The summed E-state index contributed by atoms with van der Waals surface area (Å²) in [6.07, 6.45) is -2.40. The lowest BCUT2D eigenvalue weighted by Gasteiger charge is -2.06. The summed E-state index contributed by atoms with van der Waals surface area (Å²) in [6, 6.07) is 6.45. The lowest BCUT2D eigenvalue weighted by molar-refractivity contribution is 0.148. The minimum Gasteiger partial charge on any atom is -0.380 e. The van der Waals surface area contributed by atoms with Gasteiger partial charge in [-0.25, -0.2) is 8.78 Å². The molecule has 1 rings (SSSR count). The van der Waals surface area contributed by atoms with Crippen molar-refractivity contribution in [1.82, 2.24) is 5.32 Å². The van der Waals surface area contributed by atoms with Crippen molar-refractivity contribution in [3.8, 4) is 0 Å². The predicted molar refractivity (Wildman–Crippen MR) is 59.6 cm³/mol. The van der Waals surface area contributed by atoms with Gasteiger partial charge in [0.1, 0.15) is 0 Å². The third-order valence-corrected chi connectivity index (χ3v) is 2.16. The first-order valence-corrected chi connectivity index (χ1v) is 5.39. The summed E-state index contributed by atoms with van der Waals surface area (Å²) in [6.45, 7) is 4.60. The van der Waals surface area contributed by atoms with Gasteiger partial charge >= 0.3 is 0 Å². The second kappa shape index (κ2) is 7.30. The zero-order valence-electron chi connectivity index (χ0n) is 9.38. The van der Waals surface area contributed by atoms with E-state index in [-0.39, 0.29) is 5.56 Å². The number of halogens is 2. The molecule has 0 atom stereocenters. The average molecular weight is 229 g/mol. The zero-order chi connectivity index (χ0) is 11.8. The van der Waals surface area contributed by atoms with Crippen LogP contribution in [0.3, 0.4) is 0 Å². The van der Waals surface area contributed by atoms with E-state index in [4.69, 9.17) is 4.74 Å². The number of hydrogen-bond acceptors (Lipinski definition) is 2. The van der Waals surface area contributed by atoms with Crippen LogP contribution in [0.1, 0.15) is 24.5 Å². The normalized spacial score (nSPS) is 11.0. The molecule has 4 heteroatoms. The summed E-state index contributed by atoms with van der Waals surface area (Å²) >= 11 is 0. The molecule has 0 amide bonds. The highest BCUT2D eigenvalue weighted by Crippen LogP contribution is 2.19. The third-order valence-electron chi connectivity index (χ3n) is 2.16. The molecule has 0 aromatic heterocycles. The van der Waals surface area contributed by atoms with Crippen LogP contribution in [-0.2, 0) is 11.3 Å². The summed E-state index contributed by atoms with van der Waals surface area (Å²) < 4.78 is 29.9. The lowest BCUT2D eigenvalue weighted by Crippen LogP contribution is -2.19. The number of hydrogen-bond donors (Lipinski definition) is 1. The van der Waals surface area contributed by atoms with Gasteiger partial charge in [-0.2, -0.15) is 0 Å². The number of benzene rings is 1. The molecule has 0 saturated carbocycles. The molecule has 0 aliphatic heterocycles. The molecule has 0 radical (unpaired) electrons. The predicted octanol–water partition coefficient (Wildman–Crippen LogP) is 2.75. The van der Waals surface area contributed by atoms with Crippen molar-refractivity contribution in [2.45, 2.75) is 19.9 Å². The monoisotopic (exact) mass is 229 g/mol. The van der Waals surface area contributed by atoms with Crippen LogP contribution in [0.15, 0.2) is 24.3 Å². The van der Waals surface area contributed by atoms with Gasteiger partial charge < -0.3 is 10.1 Å². The third kappa shape index (κ3) is 4.68. The van der Waals surface area contributed by atoms with E-state index in [1.165, 1.54) is 12.1 Å². The molecule has 0 saturated heterocycles. The van der Waals surface area contributed by atoms with Crippen LogP contribution in [0.25, 0.3) is 0 Å². The Morgan fingerprint density at radius 3 is 2.88 bits per heavy atom. The van der Waals surface area contributed by atoms with E-state index < -0.39 is 6.43 Å². The highest BCUT2D eigenvalue weighted by Gasteiger charge is 2.06. The molecule has 0 bridgehead atoms. The number of nitrogens with one attached hydrogen (secondary N) is 1. The molecular formula is C12H17F2NO. The Morgan fingerprint density at radius 2 is 2.19 bits per heavy atom. The molecule has 0 unspecified atom stereocenters. The Hall–Kier alpha value is -1.00. The average Bonchev–Trinajstić information content (AvgIpc) is 2.29. The number of ether oxygens (including phenoxy) is 1. The highest BCUT2D eigenvalue weighted by atomic mass is 19.3. The first-order chi connectivity index (χ1) is 7.74. The van der Waals surface area contributed by atoms with Crippen molar-refractivity contribution in [3.05, 3.63) is 35.4 Å². The Labute approximate surface area is 94.6 Å². The van der Waals surface area contributed by atoms with Gasteiger partial charge in [0.05, 0.1) is 6.61 Å². The van der Waals surface area contributed by atoms with Crippen LogP contribution in [0.2, 0.25) is 0 Å². The van der Waals surface area contributed by atoms with E-state index >= 15 is 0 Å². The summed E-state index contributed by atoms with van der Waals surface area (Å²) in [7, 11) is 0. The largest absolute Gasteiger partial charge is 0.380 e. The molecule has 0 spiro atoms. The lowest BCUT2D eigenvalue weighted by atomic mass is 10.1. The zero-order valence-corrected chi connectivity index (χ0v) is 9.38. The molecule has 0 aliphatic carbocycles. The maximum atomic E-state index is 12.4. The minimum atomic E-state index is -2.40. The summed E-state index contributed by atoms with van der Waals surface area (Å²) in [5, 5.41) is 3.13. The maximum Gasteiger partial charge on any atom is 0.263 e. The van der Waals surface area contributed by atoms with Crippen molar-refractivity contribution in [2.75, 3.05) is 19.8 Å². The first-order valence-electron chi connectivity index (χ1n) is 5.39. The summed E-state index contributed by atoms with van der Waals surface area (Å²) in [4.78, 5) is 0. The van der Waals surface area contributed by atoms with Gasteiger partial charge in [0.25, 0.3) is 6.43 Å². The van der Waals surface area contributed by atoms with E-state index in [9.17, 15) is 8.78 Å². The fourth-order valence-corrected chi connectivity index (χ4v) is 1.36. The van der Waals surface area contributed by atoms with Crippen LogP contribution in [0.4, 0.5) is 8.78 Å². The van der Waals surface area contributed by atoms with Gasteiger partial charge in [0.2, 0.25) is 0 Å². The topological polar surface area (TPSA) is 21.3 Å². The van der Waals surface area contributed by atoms with Crippen LogP contribution >= 0.6 is 0 Å². The number of rotatable bonds is 7. The molecule has 2 nitrogen and oxygen atoms in total. The minimum absolute atomic E-state index is 0.0732. The quantitative estimate of drug-likeness (QED) is 0.726. The molecule has 0 fully saturated rings. The van der Waals surface area contributed by atoms with Crippen molar-refractivity contribution >= 4 is 0 Å². The summed E-state index contributed by atoms with van der Waals surface area (Å²) in [5.74, 6) is 0. The van der Waals surface area contributed by atoms with Crippen LogP contribution in [-0.4, -0.2) is 19.8 Å². The Morgan fingerprint density at radius 1 is 1.38 bits per heavy atom. The SMILES string of the molecule is CCOCCNCc1cccc(C(F)F)c1. The second-order valence-electron chi connectivity index (χ2n) is 3.42. The van der Waals surface area contributed by atoms with Crippen molar-refractivity contribution in [3.63, 3.8) is 0 Å². The number of alkyl halides is 2. The summed E-state index contributed by atoms with van der Waals surface area (Å²) in [5.41, 5.74) is 0.943. The van der Waals surface area contributed by atoms with Gasteiger partial charge in [0, 0.05) is 25.3 Å². The molecular weight excluding hydrogens is 212 g/mol. The van der Waals surface area contributed by atoms with Crippen molar-refractivity contribution < 1.29 is 13.5 Å². The molecule has 1 aromatic rings. The van der Waals surface area contributed by atoms with Crippen molar-refractivity contribution in [1.29, 1.82) is 0 Å².